The van der Waals surface area contributed by atoms with Gasteiger partial charge in [-0.05, 0) is 32.0 Å². The van der Waals surface area contributed by atoms with Crippen LogP contribution in [0.4, 0.5) is 0 Å². The molecule has 4 heterocycles. The molecule has 0 radical (unpaired) electrons. The minimum atomic E-state index is 0.0883. The first-order chi connectivity index (χ1) is 10.7. The highest BCUT2D eigenvalue weighted by Gasteiger charge is 2.47. The number of methoxy groups -OCH3 is 2. The van der Waals surface area contributed by atoms with Crippen molar-refractivity contribution >= 4 is 17.3 Å². The minimum Gasteiger partial charge on any atom is -0.493 e. The maximum atomic E-state index is 6.59. The SMILES string of the molecule is COc1ccc(C2NN=C3C4CCN(CC4)C32)c(Cl)c1OC. The summed E-state index contributed by atoms with van der Waals surface area (Å²) in [7, 11) is 3.23. The molecular weight excluding hydrogens is 302 g/mol. The van der Waals surface area contributed by atoms with Crippen molar-refractivity contribution in [3.05, 3.63) is 22.7 Å². The Kier molecular flexibility index (Phi) is 3.42. The van der Waals surface area contributed by atoms with Crippen molar-refractivity contribution in [2.45, 2.75) is 24.9 Å². The molecule has 0 aliphatic carbocycles. The summed E-state index contributed by atoms with van der Waals surface area (Å²) in [6, 6.07) is 4.34. The van der Waals surface area contributed by atoms with E-state index >= 15 is 0 Å². The van der Waals surface area contributed by atoms with E-state index < -0.39 is 0 Å². The van der Waals surface area contributed by atoms with E-state index in [4.69, 9.17) is 21.1 Å². The Labute approximate surface area is 135 Å². The number of hydrogen-bond acceptors (Lipinski definition) is 5. The van der Waals surface area contributed by atoms with Gasteiger partial charge in [-0.2, -0.15) is 5.10 Å². The molecule has 4 aliphatic heterocycles. The van der Waals surface area contributed by atoms with E-state index in [-0.39, 0.29) is 6.04 Å². The van der Waals surface area contributed by atoms with Crippen molar-refractivity contribution in [3.63, 3.8) is 0 Å². The summed E-state index contributed by atoms with van der Waals surface area (Å²) < 4.78 is 10.8. The van der Waals surface area contributed by atoms with Gasteiger partial charge in [-0.3, -0.25) is 4.90 Å². The molecule has 2 atom stereocenters. The predicted octanol–water partition coefficient (Wildman–Crippen LogP) is 2.45. The molecule has 5 nitrogen and oxygen atoms in total. The van der Waals surface area contributed by atoms with Gasteiger partial charge in [-0.25, -0.2) is 0 Å². The second-order valence-corrected chi connectivity index (χ2v) is 6.48. The lowest BCUT2D eigenvalue weighted by Crippen LogP contribution is -2.56. The normalized spacial score (nSPS) is 32.2. The van der Waals surface area contributed by atoms with Crippen molar-refractivity contribution in [2.75, 3.05) is 27.3 Å². The first-order valence-electron chi connectivity index (χ1n) is 7.72. The van der Waals surface area contributed by atoms with Gasteiger partial charge < -0.3 is 14.9 Å². The number of halogens is 1. The summed E-state index contributed by atoms with van der Waals surface area (Å²) in [4.78, 5) is 2.52. The van der Waals surface area contributed by atoms with Crippen molar-refractivity contribution in [3.8, 4) is 11.5 Å². The summed E-state index contributed by atoms with van der Waals surface area (Å²) in [5.41, 5.74) is 5.63. The lowest BCUT2D eigenvalue weighted by Gasteiger charge is -2.45. The lowest BCUT2D eigenvalue weighted by molar-refractivity contribution is 0.133. The van der Waals surface area contributed by atoms with Gasteiger partial charge in [0.05, 0.1) is 37.0 Å². The number of benzene rings is 1. The molecule has 6 heteroatoms. The van der Waals surface area contributed by atoms with E-state index in [0.29, 0.717) is 28.5 Å². The van der Waals surface area contributed by atoms with Gasteiger partial charge in [-0.15, -0.1) is 0 Å². The summed E-state index contributed by atoms with van der Waals surface area (Å²) in [5.74, 6) is 1.88. The Hall–Kier alpha value is -1.46. The van der Waals surface area contributed by atoms with Gasteiger partial charge in [0, 0.05) is 11.5 Å². The van der Waals surface area contributed by atoms with Gasteiger partial charge in [0.25, 0.3) is 0 Å². The summed E-state index contributed by atoms with van der Waals surface area (Å²) in [5, 5.41) is 5.24. The molecule has 2 bridgehead atoms. The first kappa shape index (κ1) is 14.2. The minimum absolute atomic E-state index is 0.0883. The molecular formula is C16H20ClN3O2. The second-order valence-electron chi connectivity index (χ2n) is 6.10. The Morgan fingerprint density at radius 2 is 2.00 bits per heavy atom. The van der Waals surface area contributed by atoms with E-state index in [2.05, 4.69) is 15.4 Å². The molecule has 0 saturated carbocycles. The molecule has 3 saturated heterocycles. The molecule has 1 N–H and O–H groups in total. The molecule has 5 rings (SSSR count). The topological polar surface area (TPSA) is 46.1 Å². The predicted molar refractivity (Wildman–Crippen MR) is 86.0 cm³/mol. The molecule has 1 aromatic carbocycles. The Balaban J connectivity index is 1.72. The first-order valence-corrected chi connectivity index (χ1v) is 8.09. The number of hydrogen-bond donors (Lipinski definition) is 1. The summed E-state index contributed by atoms with van der Waals surface area (Å²) >= 11 is 6.59. The van der Waals surface area contributed by atoms with E-state index in [1.807, 2.05) is 12.1 Å². The van der Waals surface area contributed by atoms with Crippen LogP contribution in [0.1, 0.15) is 24.4 Å². The van der Waals surface area contributed by atoms with Crippen LogP contribution in [-0.4, -0.2) is 44.0 Å². The number of nitrogens with one attached hydrogen (secondary N) is 1. The Morgan fingerprint density at radius 1 is 1.23 bits per heavy atom. The fourth-order valence-electron chi connectivity index (χ4n) is 4.04. The zero-order valence-corrected chi connectivity index (χ0v) is 13.6. The zero-order valence-electron chi connectivity index (χ0n) is 12.8. The number of ether oxygens (including phenoxy) is 2. The van der Waals surface area contributed by atoms with E-state index in [0.717, 1.165) is 18.7 Å². The van der Waals surface area contributed by atoms with Gasteiger partial charge >= 0.3 is 0 Å². The largest absolute Gasteiger partial charge is 0.493 e. The van der Waals surface area contributed by atoms with Crippen LogP contribution in [0.3, 0.4) is 0 Å². The number of fused-ring (bicyclic) bond motifs is 2. The zero-order chi connectivity index (χ0) is 15.3. The molecule has 2 unspecified atom stereocenters. The maximum absolute atomic E-state index is 6.59. The smallest absolute Gasteiger partial charge is 0.179 e. The quantitative estimate of drug-likeness (QED) is 0.929. The van der Waals surface area contributed by atoms with Crippen LogP contribution in [0.2, 0.25) is 5.02 Å². The van der Waals surface area contributed by atoms with Crippen molar-refractivity contribution in [1.29, 1.82) is 0 Å². The Bertz CT molecular complexity index is 626. The van der Waals surface area contributed by atoms with Gasteiger partial charge in [0.15, 0.2) is 11.5 Å². The Morgan fingerprint density at radius 3 is 2.68 bits per heavy atom. The van der Waals surface area contributed by atoms with Crippen molar-refractivity contribution in [1.82, 2.24) is 10.3 Å². The van der Waals surface area contributed by atoms with E-state index in [1.54, 1.807) is 14.2 Å². The molecule has 0 aromatic heterocycles. The van der Waals surface area contributed by atoms with Crippen LogP contribution in [0.5, 0.6) is 11.5 Å². The lowest BCUT2D eigenvalue weighted by atomic mass is 9.78. The van der Waals surface area contributed by atoms with Crippen LogP contribution in [0, 0.1) is 5.92 Å². The fraction of sp³-hybridized carbons (Fsp3) is 0.562. The highest BCUT2D eigenvalue weighted by Crippen LogP contribution is 2.44. The molecule has 0 spiro atoms. The molecule has 118 valence electrons. The van der Waals surface area contributed by atoms with Gasteiger partial charge in [-0.1, -0.05) is 17.7 Å². The average Bonchev–Trinajstić information content (AvgIpc) is 3.02. The molecule has 1 aromatic rings. The summed E-state index contributed by atoms with van der Waals surface area (Å²) in [6.07, 6.45) is 2.45. The van der Waals surface area contributed by atoms with Crippen LogP contribution < -0.4 is 14.9 Å². The number of nitrogens with zero attached hydrogens (tertiary/aromatic N) is 2. The maximum Gasteiger partial charge on any atom is 0.179 e. The summed E-state index contributed by atoms with van der Waals surface area (Å²) in [6.45, 7) is 2.30. The average molecular weight is 322 g/mol. The third-order valence-electron chi connectivity index (χ3n) is 5.14. The highest BCUT2D eigenvalue weighted by molar-refractivity contribution is 6.33. The third-order valence-corrected chi connectivity index (χ3v) is 5.53. The second kappa shape index (κ2) is 5.32. The number of piperidine rings is 3. The van der Waals surface area contributed by atoms with E-state index in [9.17, 15) is 0 Å². The monoisotopic (exact) mass is 321 g/mol. The molecule has 0 amide bonds. The molecule has 3 fully saturated rings. The van der Waals surface area contributed by atoms with Gasteiger partial charge in [0.2, 0.25) is 0 Å². The van der Waals surface area contributed by atoms with Crippen LogP contribution in [0.15, 0.2) is 17.2 Å². The van der Waals surface area contributed by atoms with Crippen LogP contribution >= 0.6 is 11.6 Å². The molecule has 4 aliphatic rings. The number of rotatable bonds is 3. The van der Waals surface area contributed by atoms with Crippen molar-refractivity contribution < 1.29 is 9.47 Å². The van der Waals surface area contributed by atoms with Crippen LogP contribution in [0.25, 0.3) is 0 Å². The highest BCUT2D eigenvalue weighted by atomic mass is 35.5. The van der Waals surface area contributed by atoms with Gasteiger partial charge in [0.1, 0.15) is 0 Å². The molecule has 22 heavy (non-hydrogen) atoms. The number of hydrazone groups is 1. The standard InChI is InChI=1S/C16H20ClN3O2/c1-21-11-4-3-10(12(17)16(11)22-2)14-15-13(18-19-14)9-5-7-20(15)8-6-9/h3-4,9,14-15,19H,5-8H2,1-2H3. The fourth-order valence-corrected chi connectivity index (χ4v) is 4.39. The third kappa shape index (κ3) is 1.92. The van der Waals surface area contributed by atoms with E-state index in [1.165, 1.54) is 18.6 Å². The van der Waals surface area contributed by atoms with Crippen molar-refractivity contribution in [2.24, 2.45) is 11.0 Å². The van der Waals surface area contributed by atoms with Crippen LogP contribution in [-0.2, 0) is 0 Å².